The number of benzene rings is 3. The Hall–Kier alpha value is -4.08. The number of hydrogen-bond acceptors (Lipinski definition) is 6. The highest BCUT2D eigenvalue weighted by atomic mass is 79.9. The number of halogens is 1. The van der Waals surface area contributed by atoms with E-state index in [1.165, 1.54) is 15.9 Å². The average molecular weight is 599 g/mol. The fourth-order valence-electron chi connectivity index (χ4n) is 4.17. The van der Waals surface area contributed by atoms with Crippen molar-refractivity contribution in [3.8, 4) is 34.1 Å². The molecule has 0 amide bonds. The van der Waals surface area contributed by atoms with Crippen molar-refractivity contribution in [1.82, 2.24) is 24.4 Å². The molecule has 0 atom stereocenters. The Labute approximate surface area is 237 Å². The van der Waals surface area contributed by atoms with E-state index in [-0.39, 0.29) is 5.56 Å². The van der Waals surface area contributed by atoms with Crippen molar-refractivity contribution in [3.63, 3.8) is 0 Å². The predicted octanol–water partition coefficient (Wildman–Crippen LogP) is 6.16. The van der Waals surface area contributed by atoms with E-state index in [9.17, 15) is 4.79 Å². The Morgan fingerprint density at radius 1 is 0.949 bits per heavy atom. The minimum Gasteiger partial charge on any atom is -0.494 e. The average Bonchev–Trinajstić information content (AvgIpc) is 3.65. The molecule has 39 heavy (non-hydrogen) atoms. The molecule has 194 valence electrons. The monoisotopic (exact) mass is 597 g/mol. The minimum absolute atomic E-state index is 0.206. The van der Waals surface area contributed by atoms with Crippen molar-refractivity contribution in [3.05, 3.63) is 110 Å². The maximum Gasteiger partial charge on any atom is 0.291 e. The van der Waals surface area contributed by atoms with Crippen LogP contribution in [0.3, 0.4) is 0 Å². The number of aromatic nitrogens is 5. The van der Waals surface area contributed by atoms with Crippen LogP contribution in [0.2, 0.25) is 0 Å². The lowest BCUT2D eigenvalue weighted by Gasteiger charge is -2.05. The summed E-state index contributed by atoms with van der Waals surface area (Å²) in [6.45, 7) is 2.83. The SMILES string of the molecule is CCCCOc1ccc(-c2nc3sc(=Cc4cn(-c5ccccc5)nc4-c4ccc(Br)cc4)c(=O)n3n2)cc1. The van der Waals surface area contributed by atoms with Gasteiger partial charge in [-0.15, -0.1) is 5.10 Å². The predicted molar refractivity (Wildman–Crippen MR) is 158 cm³/mol. The van der Waals surface area contributed by atoms with Crippen LogP contribution >= 0.6 is 27.3 Å². The van der Waals surface area contributed by atoms with E-state index < -0.39 is 0 Å². The molecule has 0 unspecified atom stereocenters. The lowest BCUT2D eigenvalue weighted by Crippen LogP contribution is -2.23. The summed E-state index contributed by atoms with van der Waals surface area (Å²) < 4.78 is 10.5. The van der Waals surface area contributed by atoms with Crippen molar-refractivity contribution < 1.29 is 4.74 Å². The lowest BCUT2D eigenvalue weighted by atomic mass is 10.1. The number of ether oxygens (including phenoxy) is 1. The van der Waals surface area contributed by atoms with E-state index >= 15 is 0 Å². The van der Waals surface area contributed by atoms with Gasteiger partial charge in [-0.05, 0) is 61.0 Å². The summed E-state index contributed by atoms with van der Waals surface area (Å²) >= 11 is 4.81. The Kier molecular flexibility index (Phi) is 7.08. The molecule has 7 nitrogen and oxygen atoms in total. The van der Waals surface area contributed by atoms with E-state index in [0.29, 0.717) is 21.9 Å². The summed E-state index contributed by atoms with van der Waals surface area (Å²) in [6.07, 6.45) is 5.92. The number of unbranched alkanes of at least 4 members (excludes halogenated alkanes) is 1. The third-order valence-corrected chi connectivity index (χ3v) is 7.72. The van der Waals surface area contributed by atoms with Gasteiger partial charge < -0.3 is 4.74 Å². The van der Waals surface area contributed by atoms with Crippen LogP contribution in [0.5, 0.6) is 5.75 Å². The maximum atomic E-state index is 13.3. The second kappa shape index (κ2) is 11.0. The Balaban J connectivity index is 1.37. The van der Waals surface area contributed by atoms with Gasteiger partial charge in [0.25, 0.3) is 5.56 Å². The van der Waals surface area contributed by atoms with E-state index in [4.69, 9.17) is 9.84 Å². The number of thiazole rings is 1. The lowest BCUT2D eigenvalue weighted by molar-refractivity contribution is 0.309. The Morgan fingerprint density at radius 2 is 1.69 bits per heavy atom. The van der Waals surface area contributed by atoms with Crippen LogP contribution in [-0.2, 0) is 0 Å². The topological polar surface area (TPSA) is 74.3 Å². The van der Waals surface area contributed by atoms with Crippen LogP contribution in [0.15, 0.2) is 94.3 Å². The highest BCUT2D eigenvalue weighted by molar-refractivity contribution is 9.10. The molecule has 0 bridgehead atoms. The van der Waals surface area contributed by atoms with Crippen molar-refractivity contribution >= 4 is 38.3 Å². The van der Waals surface area contributed by atoms with Crippen LogP contribution in [0, 0.1) is 0 Å². The molecule has 6 rings (SSSR count). The van der Waals surface area contributed by atoms with Crippen molar-refractivity contribution in [2.45, 2.75) is 19.8 Å². The van der Waals surface area contributed by atoms with Gasteiger partial charge in [0.15, 0.2) is 5.82 Å². The van der Waals surface area contributed by atoms with Crippen molar-refractivity contribution in [2.24, 2.45) is 0 Å². The molecule has 6 aromatic rings. The van der Waals surface area contributed by atoms with Gasteiger partial charge in [-0.25, -0.2) is 4.68 Å². The zero-order valence-electron chi connectivity index (χ0n) is 21.1. The maximum absolute atomic E-state index is 13.3. The largest absolute Gasteiger partial charge is 0.494 e. The highest BCUT2D eigenvalue weighted by Gasteiger charge is 2.15. The normalized spacial score (nSPS) is 11.9. The Bertz CT molecular complexity index is 1840. The second-order valence-corrected chi connectivity index (χ2v) is 10.9. The van der Waals surface area contributed by atoms with E-state index in [0.717, 1.165) is 51.1 Å². The molecule has 0 aliphatic heterocycles. The molecule has 0 saturated heterocycles. The van der Waals surface area contributed by atoms with Gasteiger partial charge in [0.2, 0.25) is 4.96 Å². The van der Waals surface area contributed by atoms with Gasteiger partial charge in [0, 0.05) is 27.4 Å². The molecule has 0 spiro atoms. The number of rotatable bonds is 8. The third kappa shape index (κ3) is 5.28. The molecule has 0 N–H and O–H groups in total. The van der Waals surface area contributed by atoms with Gasteiger partial charge >= 0.3 is 0 Å². The first kappa shape index (κ1) is 25.2. The van der Waals surface area contributed by atoms with E-state index in [2.05, 4.69) is 32.9 Å². The van der Waals surface area contributed by atoms with Gasteiger partial charge in [-0.3, -0.25) is 4.79 Å². The summed E-state index contributed by atoms with van der Waals surface area (Å²) in [7, 11) is 0. The zero-order valence-corrected chi connectivity index (χ0v) is 23.5. The molecule has 9 heteroatoms. The third-order valence-electron chi connectivity index (χ3n) is 6.23. The molecule has 0 aliphatic rings. The van der Waals surface area contributed by atoms with E-state index in [1.807, 2.05) is 95.8 Å². The summed E-state index contributed by atoms with van der Waals surface area (Å²) in [6, 6.07) is 25.5. The minimum atomic E-state index is -0.206. The molecule has 0 aliphatic carbocycles. The van der Waals surface area contributed by atoms with Gasteiger partial charge in [0.1, 0.15) is 5.75 Å². The van der Waals surface area contributed by atoms with Gasteiger partial charge in [0.05, 0.1) is 22.5 Å². The van der Waals surface area contributed by atoms with E-state index in [1.54, 1.807) is 0 Å². The highest BCUT2D eigenvalue weighted by Crippen LogP contribution is 2.26. The summed E-state index contributed by atoms with van der Waals surface area (Å²) in [5.41, 5.74) is 4.14. The zero-order chi connectivity index (χ0) is 26.8. The molecule has 0 radical (unpaired) electrons. The van der Waals surface area contributed by atoms with Crippen LogP contribution < -0.4 is 14.8 Å². The van der Waals surface area contributed by atoms with Crippen molar-refractivity contribution in [1.29, 1.82) is 0 Å². The molecule has 3 aromatic heterocycles. The number of para-hydroxylation sites is 1. The quantitative estimate of drug-likeness (QED) is 0.196. The number of fused-ring (bicyclic) bond motifs is 1. The number of hydrogen-bond donors (Lipinski definition) is 0. The fourth-order valence-corrected chi connectivity index (χ4v) is 5.33. The molecular formula is C30H24BrN5O2S. The van der Waals surface area contributed by atoms with Crippen LogP contribution in [0.1, 0.15) is 25.3 Å². The molecule has 3 aromatic carbocycles. The summed E-state index contributed by atoms with van der Waals surface area (Å²) in [5.74, 6) is 1.32. The Morgan fingerprint density at radius 3 is 2.41 bits per heavy atom. The summed E-state index contributed by atoms with van der Waals surface area (Å²) in [4.78, 5) is 18.5. The molecule has 3 heterocycles. The fraction of sp³-hybridized carbons (Fsp3) is 0.133. The van der Waals surface area contributed by atoms with Gasteiger partial charge in [-0.2, -0.15) is 14.6 Å². The van der Waals surface area contributed by atoms with Crippen molar-refractivity contribution in [2.75, 3.05) is 6.61 Å². The van der Waals surface area contributed by atoms with Gasteiger partial charge in [-0.1, -0.05) is 70.9 Å². The van der Waals surface area contributed by atoms with Crippen LogP contribution in [0.4, 0.5) is 0 Å². The summed E-state index contributed by atoms with van der Waals surface area (Å²) in [5, 5.41) is 9.37. The molecular weight excluding hydrogens is 574 g/mol. The standard InChI is InChI=1S/C30H24BrN5O2S/c1-2-3-17-38-25-15-11-21(12-16-25)28-32-30-36(34-28)29(37)26(39-30)18-22-19-35(24-7-5-4-6-8-24)33-27(22)20-9-13-23(31)14-10-20/h4-16,18-19H,2-3,17H2,1H3. The van der Waals surface area contributed by atoms with Crippen LogP contribution in [0.25, 0.3) is 39.4 Å². The molecule has 0 saturated carbocycles. The first-order chi connectivity index (χ1) is 19.1. The first-order valence-corrected chi connectivity index (χ1v) is 14.3. The molecule has 0 fully saturated rings. The van der Waals surface area contributed by atoms with Crippen LogP contribution in [-0.4, -0.2) is 31.0 Å². The second-order valence-electron chi connectivity index (χ2n) is 8.99. The smallest absolute Gasteiger partial charge is 0.291 e. The first-order valence-electron chi connectivity index (χ1n) is 12.6. The number of nitrogens with zero attached hydrogens (tertiary/aromatic N) is 5.